The van der Waals surface area contributed by atoms with E-state index < -0.39 is 0 Å². The van der Waals surface area contributed by atoms with Crippen molar-refractivity contribution in [2.75, 3.05) is 36.9 Å². The molecule has 0 radical (unpaired) electrons. The Kier molecular flexibility index (Phi) is 5.40. The predicted molar refractivity (Wildman–Crippen MR) is 117 cm³/mol. The van der Waals surface area contributed by atoms with Crippen LogP contribution in [0.5, 0.6) is 0 Å². The van der Waals surface area contributed by atoms with E-state index in [0.29, 0.717) is 12.1 Å². The van der Waals surface area contributed by atoms with E-state index in [1.165, 1.54) is 11.1 Å². The average Bonchev–Trinajstić information content (AvgIpc) is 3.31. The number of rotatable bonds is 6. The van der Waals surface area contributed by atoms with Crippen LogP contribution in [-0.2, 0) is 11.3 Å². The van der Waals surface area contributed by atoms with Crippen LogP contribution in [-0.4, -0.2) is 47.5 Å². The summed E-state index contributed by atoms with van der Waals surface area (Å²) < 4.78 is 0. The summed E-state index contributed by atoms with van der Waals surface area (Å²) >= 11 is 0. The maximum atomic E-state index is 12.7. The van der Waals surface area contributed by atoms with Gasteiger partial charge >= 0.3 is 5.69 Å². The van der Waals surface area contributed by atoms with E-state index in [1.54, 1.807) is 0 Å². The molecule has 2 heterocycles. The number of anilines is 2. The van der Waals surface area contributed by atoms with Gasteiger partial charge in [0.2, 0.25) is 5.91 Å². The van der Waals surface area contributed by atoms with Crippen LogP contribution in [0.3, 0.4) is 0 Å². The summed E-state index contributed by atoms with van der Waals surface area (Å²) in [6.07, 6.45) is 2.27. The second kappa shape index (κ2) is 8.13. The summed E-state index contributed by atoms with van der Waals surface area (Å²) in [4.78, 5) is 34.2. The lowest BCUT2D eigenvalue weighted by molar-refractivity contribution is -0.117. The molecular formula is C22H27N5O2. The molecule has 0 saturated carbocycles. The molecule has 0 unspecified atom stereocenters. The number of carbonyl (C=O) groups excluding carboxylic acids is 1. The van der Waals surface area contributed by atoms with Gasteiger partial charge in [0.05, 0.1) is 29.0 Å². The molecular weight excluding hydrogens is 366 g/mol. The monoisotopic (exact) mass is 393 g/mol. The average molecular weight is 393 g/mol. The number of likely N-dealkylation sites (N-methyl/N-ethyl adjacent to an activating group) is 1. The number of aryl methyl sites for hydroxylation is 1. The van der Waals surface area contributed by atoms with Crippen molar-refractivity contribution in [3.63, 3.8) is 0 Å². The van der Waals surface area contributed by atoms with Crippen molar-refractivity contribution < 1.29 is 4.79 Å². The number of nitrogens with zero attached hydrogens (tertiary/aromatic N) is 2. The smallest absolute Gasteiger partial charge is 0.323 e. The van der Waals surface area contributed by atoms with E-state index in [4.69, 9.17) is 0 Å². The summed E-state index contributed by atoms with van der Waals surface area (Å²) in [6, 6.07) is 12.1. The Labute approximate surface area is 169 Å². The number of imidazole rings is 1. The van der Waals surface area contributed by atoms with E-state index in [9.17, 15) is 9.59 Å². The van der Waals surface area contributed by atoms with Gasteiger partial charge in [-0.05, 0) is 44.5 Å². The molecule has 1 aliphatic rings. The molecule has 7 nitrogen and oxygen atoms in total. The van der Waals surface area contributed by atoms with Gasteiger partial charge in [-0.3, -0.25) is 9.69 Å². The summed E-state index contributed by atoms with van der Waals surface area (Å²) in [6.45, 7) is 4.96. The maximum absolute atomic E-state index is 12.7. The van der Waals surface area contributed by atoms with Gasteiger partial charge in [0.1, 0.15) is 0 Å². The molecule has 2 aromatic carbocycles. The first-order valence-electron chi connectivity index (χ1n) is 10.0. The highest BCUT2D eigenvalue weighted by Gasteiger charge is 2.19. The van der Waals surface area contributed by atoms with Gasteiger partial charge in [-0.2, -0.15) is 0 Å². The number of benzene rings is 2. The van der Waals surface area contributed by atoms with Gasteiger partial charge in [0, 0.05) is 19.6 Å². The van der Waals surface area contributed by atoms with Crippen LogP contribution in [0.4, 0.5) is 11.4 Å². The zero-order valence-electron chi connectivity index (χ0n) is 16.9. The van der Waals surface area contributed by atoms with Gasteiger partial charge in [-0.15, -0.1) is 0 Å². The fourth-order valence-electron chi connectivity index (χ4n) is 3.89. The fourth-order valence-corrected chi connectivity index (χ4v) is 3.89. The van der Waals surface area contributed by atoms with Gasteiger partial charge in [-0.1, -0.05) is 29.8 Å². The first kappa shape index (κ1) is 19.3. The Morgan fingerprint density at radius 1 is 1.10 bits per heavy atom. The highest BCUT2D eigenvalue weighted by Crippen LogP contribution is 2.32. The van der Waals surface area contributed by atoms with Gasteiger partial charge < -0.3 is 20.2 Å². The van der Waals surface area contributed by atoms with E-state index >= 15 is 0 Å². The standard InChI is InChI=1S/C22H27N5O2/c1-15-5-7-16(8-6-15)13-26(2)14-21(28)23-19-11-17-18(25-22(29)24-17)12-20(19)27-9-3-4-10-27/h5-8,11-12H,3-4,9-10,13-14H2,1-2H3,(H,23,28)(H2,24,25,29). The SMILES string of the molecule is Cc1ccc(CN(C)CC(=O)Nc2cc3[nH]c(=O)[nH]c3cc2N2CCCC2)cc1. The van der Waals surface area contributed by atoms with Crippen molar-refractivity contribution in [2.24, 2.45) is 0 Å². The lowest BCUT2D eigenvalue weighted by Gasteiger charge is -2.23. The van der Waals surface area contributed by atoms with E-state index in [-0.39, 0.29) is 18.1 Å². The topological polar surface area (TPSA) is 84.2 Å². The summed E-state index contributed by atoms with van der Waals surface area (Å²) in [5.41, 5.74) is 5.31. The van der Waals surface area contributed by atoms with Crippen LogP contribution < -0.4 is 15.9 Å². The molecule has 29 heavy (non-hydrogen) atoms. The fraction of sp³-hybridized carbons (Fsp3) is 0.364. The lowest BCUT2D eigenvalue weighted by atomic mass is 10.1. The number of fused-ring (bicyclic) bond motifs is 1. The minimum Gasteiger partial charge on any atom is -0.370 e. The molecule has 0 aliphatic carbocycles. The third-order valence-electron chi connectivity index (χ3n) is 5.34. The van der Waals surface area contributed by atoms with Crippen LogP contribution >= 0.6 is 0 Å². The van der Waals surface area contributed by atoms with Crippen LogP contribution in [0.25, 0.3) is 11.0 Å². The van der Waals surface area contributed by atoms with Crippen LogP contribution in [0.1, 0.15) is 24.0 Å². The normalized spacial score (nSPS) is 14.1. The predicted octanol–water partition coefficient (Wildman–Crippen LogP) is 2.84. The molecule has 1 fully saturated rings. The third-order valence-corrected chi connectivity index (χ3v) is 5.34. The zero-order chi connectivity index (χ0) is 20.4. The van der Waals surface area contributed by atoms with E-state index in [1.807, 2.05) is 24.1 Å². The number of amides is 1. The molecule has 0 bridgehead atoms. The highest BCUT2D eigenvalue weighted by molar-refractivity contribution is 5.99. The largest absolute Gasteiger partial charge is 0.370 e. The molecule has 3 aromatic rings. The quantitative estimate of drug-likeness (QED) is 0.601. The molecule has 1 aromatic heterocycles. The number of nitrogens with one attached hydrogen (secondary N) is 3. The molecule has 3 N–H and O–H groups in total. The second-order valence-corrected chi connectivity index (χ2v) is 7.89. The maximum Gasteiger partial charge on any atom is 0.323 e. The number of carbonyl (C=O) groups is 1. The van der Waals surface area contributed by atoms with Crippen molar-refractivity contribution >= 4 is 28.3 Å². The molecule has 152 valence electrons. The van der Waals surface area contributed by atoms with Gasteiger partial charge in [-0.25, -0.2) is 4.79 Å². The van der Waals surface area contributed by atoms with E-state index in [0.717, 1.165) is 42.8 Å². The molecule has 1 saturated heterocycles. The number of hydrogen-bond acceptors (Lipinski definition) is 4. The number of aromatic amines is 2. The molecule has 0 spiro atoms. The van der Waals surface area contributed by atoms with Crippen LogP contribution in [0.15, 0.2) is 41.2 Å². The van der Waals surface area contributed by atoms with Gasteiger partial charge in [0.15, 0.2) is 0 Å². The molecule has 4 rings (SSSR count). The Morgan fingerprint density at radius 2 is 1.76 bits per heavy atom. The number of aromatic nitrogens is 2. The molecule has 0 atom stereocenters. The Bertz CT molecular complexity index is 1060. The third kappa shape index (κ3) is 4.51. The van der Waals surface area contributed by atoms with Crippen LogP contribution in [0, 0.1) is 6.92 Å². The van der Waals surface area contributed by atoms with Crippen molar-refractivity contribution in [1.29, 1.82) is 0 Å². The second-order valence-electron chi connectivity index (χ2n) is 7.89. The minimum absolute atomic E-state index is 0.0720. The minimum atomic E-state index is -0.242. The Hall–Kier alpha value is -3.06. The number of hydrogen-bond donors (Lipinski definition) is 3. The lowest BCUT2D eigenvalue weighted by Crippen LogP contribution is -2.30. The van der Waals surface area contributed by atoms with Crippen molar-refractivity contribution in [2.45, 2.75) is 26.3 Å². The zero-order valence-corrected chi connectivity index (χ0v) is 16.9. The van der Waals surface area contributed by atoms with Crippen molar-refractivity contribution in [1.82, 2.24) is 14.9 Å². The Morgan fingerprint density at radius 3 is 2.45 bits per heavy atom. The first-order valence-corrected chi connectivity index (χ1v) is 10.0. The Balaban J connectivity index is 1.49. The van der Waals surface area contributed by atoms with Crippen molar-refractivity contribution in [3.8, 4) is 0 Å². The summed E-state index contributed by atoms with van der Waals surface area (Å²) in [5, 5.41) is 3.06. The summed E-state index contributed by atoms with van der Waals surface area (Å²) in [5.74, 6) is -0.0720. The summed E-state index contributed by atoms with van der Waals surface area (Å²) in [7, 11) is 1.94. The molecule has 1 amide bonds. The highest BCUT2D eigenvalue weighted by atomic mass is 16.2. The molecule has 1 aliphatic heterocycles. The van der Waals surface area contributed by atoms with Gasteiger partial charge in [0.25, 0.3) is 0 Å². The first-order chi connectivity index (χ1) is 14.0. The van der Waals surface area contributed by atoms with Crippen molar-refractivity contribution in [3.05, 3.63) is 58.0 Å². The molecule has 7 heteroatoms. The van der Waals surface area contributed by atoms with Crippen LogP contribution in [0.2, 0.25) is 0 Å². The van der Waals surface area contributed by atoms with E-state index in [2.05, 4.69) is 51.4 Å². The number of H-pyrrole nitrogens is 2.